The molecule has 0 N–H and O–H groups in total. The maximum Gasteiger partial charge on any atom is 0.0718 e. The Morgan fingerprint density at radius 1 is 1.23 bits per heavy atom. The Morgan fingerprint density at radius 3 is 2.82 bits per heavy atom. The lowest BCUT2D eigenvalue weighted by atomic mass is 10.1. The summed E-state index contributed by atoms with van der Waals surface area (Å²) in [5, 5.41) is 0. The van der Waals surface area contributed by atoms with Crippen molar-refractivity contribution in [2.24, 2.45) is 0 Å². The molecule has 0 unspecified atom stereocenters. The quantitative estimate of drug-likeness (QED) is 0.780. The van der Waals surface area contributed by atoms with E-state index in [0.29, 0.717) is 12.1 Å². The number of piperazine rings is 1. The van der Waals surface area contributed by atoms with Crippen LogP contribution in [-0.4, -0.2) is 85.3 Å². The zero-order valence-electron chi connectivity index (χ0n) is 13.8. The lowest BCUT2D eigenvalue weighted by Gasteiger charge is -2.37. The number of ether oxygens (including phenoxy) is 1. The zero-order valence-corrected chi connectivity index (χ0v) is 13.8. The van der Waals surface area contributed by atoms with Crippen molar-refractivity contribution in [2.75, 3.05) is 53.4 Å². The monoisotopic (exact) mass is 304 g/mol. The van der Waals surface area contributed by atoms with Crippen LogP contribution in [0.4, 0.5) is 0 Å². The van der Waals surface area contributed by atoms with Gasteiger partial charge in [0.1, 0.15) is 0 Å². The van der Waals surface area contributed by atoms with E-state index in [-0.39, 0.29) is 0 Å². The van der Waals surface area contributed by atoms with Gasteiger partial charge in [-0.05, 0) is 38.2 Å². The summed E-state index contributed by atoms with van der Waals surface area (Å²) in [6.07, 6.45) is 5.37. The molecule has 0 radical (unpaired) electrons. The minimum Gasteiger partial charge on any atom is -0.375 e. The molecule has 22 heavy (non-hydrogen) atoms. The van der Waals surface area contributed by atoms with E-state index in [1.165, 1.54) is 18.5 Å². The smallest absolute Gasteiger partial charge is 0.0718 e. The van der Waals surface area contributed by atoms with Gasteiger partial charge in [-0.2, -0.15) is 0 Å². The highest BCUT2D eigenvalue weighted by Crippen LogP contribution is 2.24. The topological polar surface area (TPSA) is 31.8 Å². The third-order valence-electron chi connectivity index (χ3n) is 4.71. The van der Waals surface area contributed by atoms with Crippen LogP contribution in [0.3, 0.4) is 0 Å². The summed E-state index contributed by atoms with van der Waals surface area (Å²) < 4.78 is 6.05. The van der Waals surface area contributed by atoms with Crippen LogP contribution in [0.5, 0.6) is 0 Å². The molecule has 3 rings (SSSR count). The van der Waals surface area contributed by atoms with Gasteiger partial charge in [-0.1, -0.05) is 0 Å². The first-order chi connectivity index (χ1) is 10.7. The SMILES string of the molecule is CN(C)CCO[C@@H]1C[C@H]2CN(Cc3ccncc3)CCN2C1. The lowest BCUT2D eigenvalue weighted by molar-refractivity contribution is 0.0489. The predicted octanol–water partition coefficient (Wildman–Crippen LogP) is 0.918. The van der Waals surface area contributed by atoms with Gasteiger partial charge in [0.25, 0.3) is 0 Å². The van der Waals surface area contributed by atoms with Gasteiger partial charge < -0.3 is 9.64 Å². The summed E-state index contributed by atoms with van der Waals surface area (Å²) in [5.74, 6) is 0. The molecular weight excluding hydrogens is 276 g/mol. The lowest BCUT2D eigenvalue weighted by Crippen LogP contribution is -2.49. The molecule has 2 atom stereocenters. The predicted molar refractivity (Wildman–Crippen MR) is 87.8 cm³/mol. The van der Waals surface area contributed by atoms with Crippen molar-refractivity contribution >= 4 is 0 Å². The Hall–Kier alpha value is -1.01. The number of nitrogens with zero attached hydrogens (tertiary/aromatic N) is 4. The molecule has 122 valence electrons. The molecule has 3 heterocycles. The van der Waals surface area contributed by atoms with E-state index in [2.05, 4.69) is 45.9 Å². The standard InChI is InChI=1S/C17H28N4O/c1-19(2)9-10-22-17-11-16-13-20(7-8-21(16)14-17)12-15-3-5-18-6-4-15/h3-6,16-17H,7-14H2,1-2H3/t16-,17+/m0/s1. The summed E-state index contributed by atoms with van der Waals surface area (Å²) in [6, 6.07) is 4.91. The highest BCUT2D eigenvalue weighted by atomic mass is 16.5. The van der Waals surface area contributed by atoms with Crippen LogP contribution < -0.4 is 0 Å². The molecule has 0 aliphatic carbocycles. The first-order valence-corrected chi connectivity index (χ1v) is 8.32. The number of aromatic nitrogens is 1. The van der Waals surface area contributed by atoms with Gasteiger partial charge in [-0.15, -0.1) is 0 Å². The maximum atomic E-state index is 6.05. The van der Waals surface area contributed by atoms with Gasteiger partial charge in [0.15, 0.2) is 0 Å². The number of rotatable bonds is 6. The fourth-order valence-corrected chi connectivity index (χ4v) is 3.47. The summed E-state index contributed by atoms with van der Waals surface area (Å²) in [4.78, 5) is 11.5. The molecule has 5 heteroatoms. The first kappa shape index (κ1) is 15.9. The Balaban J connectivity index is 1.45. The highest BCUT2D eigenvalue weighted by molar-refractivity contribution is 5.09. The molecule has 1 aromatic rings. The molecule has 2 saturated heterocycles. The second kappa shape index (κ2) is 7.51. The maximum absolute atomic E-state index is 6.05. The van der Waals surface area contributed by atoms with Gasteiger partial charge in [-0.25, -0.2) is 0 Å². The van der Waals surface area contributed by atoms with Gasteiger partial charge in [-0.3, -0.25) is 14.8 Å². The van der Waals surface area contributed by atoms with E-state index in [4.69, 9.17) is 4.74 Å². The highest BCUT2D eigenvalue weighted by Gasteiger charge is 2.36. The minimum atomic E-state index is 0.422. The first-order valence-electron chi connectivity index (χ1n) is 8.32. The van der Waals surface area contributed by atoms with Crippen LogP contribution in [0, 0.1) is 0 Å². The second-order valence-corrected chi connectivity index (χ2v) is 6.77. The van der Waals surface area contributed by atoms with Crippen molar-refractivity contribution in [1.29, 1.82) is 0 Å². The van der Waals surface area contributed by atoms with Gasteiger partial charge in [0, 0.05) is 57.7 Å². The summed E-state index contributed by atoms with van der Waals surface area (Å²) in [7, 11) is 4.19. The van der Waals surface area contributed by atoms with Gasteiger partial charge in [0.2, 0.25) is 0 Å². The van der Waals surface area contributed by atoms with Crippen LogP contribution in [0.15, 0.2) is 24.5 Å². The average molecular weight is 304 g/mol. The number of likely N-dealkylation sites (N-methyl/N-ethyl adjacent to an activating group) is 1. The molecule has 0 bridgehead atoms. The van der Waals surface area contributed by atoms with Crippen molar-refractivity contribution in [1.82, 2.24) is 19.7 Å². The summed E-state index contributed by atoms with van der Waals surface area (Å²) >= 11 is 0. The van der Waals surface area contributed by atoms with Gasteiger partial charge in [0.05, 0.1) is 12.7 Å². The minimum absolute atomic E-state index is 0.422. The Morgan fingerprint density at radius 2 is 2.05 bits per heavy atom. The van der Waals surface area contributed by atoms with E-state index in [9.17, 15) is 0 Å². The van der Waals surface area contributed by atoms with Crippen LogP contribution in [0.25, 0.3) is 0 Å². The third-order valence-corrected chi connectivity index (χ3v) is 4.71. The van der Waals surface area contributed by atoms with Crippen molar-refractivity contribution in [3.63, 3.8) is 0 Å². The molecular formula is C17H28N4O. The molecule has 2 fully saturated rings. The van der Waals surface area contributed by atoms with Crippen molar-refractivity contribution in [2.45, 2.75) is 25.1 Å². The number of pyridine rings is 1. The van der Waals surface area contributed by atoms with Crippen molar-refractivity contribution in [3.05, 3.63) is 30.1 Å². The van der Waals surface area contributed by atoms with Crippen LogP contribution in [0.1, 0.15) is 12.0 Å². The van der Waals surface area contributed by atoms with E-state index >= 15 is 0 Å². The van der Waals surface area contributed by atoms with Crippen LogP contribution >= 0.6 is 0 Å². The zero-order chi connectivity index (χ0) is 15.4. The fraction of sp³-hybridized carbons (Fsp3) is 0.706. The fourth-order valence-electron chi connectivity index (χ4n) is 3.47. The normalized spacial score (nSPS) is 26.5. The van der Waals surface area contributed by atoms with Crippen molar-refractivity contribution in [3.8, 4) is 0 Å². The molecule has 5 nitrogen and oxygen atoms in total. The largest absolute Gasteiger partial charge is 0.375 e. The van der Waals surface area contributed by atoms with E-state index < -0.39 is 0 Å². The summed E-state index contributed by atoms with van der Waals surface area (Å²) in [5.41, 5.74) is 1.36. The number of hydrogen-bond acceptors (Lipinski definition) is 5. The molecule has 2 aliphatic rings. The van der Waals surface area contributed by atoms with Crippen LogP contribution in [0.2, 0.25) is 0 Å². The average Bonchev–Trinajstić information content (AvgIpc) is 2.90. The van der Waals surface area contributed by atoms with Gasteiger partial charge >= 0.3 is 0 Å². The third kappa shape index (κ3) is 4.26. The Labute approximate surface area is 133 Å². The molecule has 0 amide bonds. The van der Waals surface area contributed by atoms with E-state index in [1.54, 1.807) is 0 Å². The molecule has 0 saturated carbocycles. The van der Waals surface area contributed by atoms with Crippen LogP contribution in [-0.2, 0) is 11.3 Å². The molecule has 1 aromatic heterocycles. The Kier molecular flexibility index (Phi) is 5.41. The number of hydrogen-bond donors (Lipinski definition) is 0. The van der Waals surface area contributed by atoms with E-state index in [0.717, 1.165) is 39.3 Å². The number of fused-ring (bicyclic) bond motifs is 1. The summed E-state index contributed by atoms with van der Waals surface area (Å²) in [6.45, 7) is 7.50. The Bertz CT molecular complexity index is 453. The van der Waals surface area contributed by atoms with E-state index in [1.807, 2.05) is 12.4 Å². The van der Waals surface area contributed by atoms with Crippen molar-refractivity contribution < 1.29 is 4.74 Å². The molecule has 0 aromatic carbocycles. The molecule has 0 spiro atoms. The second-order valence-electron chi connectivity index (χ2n) is 6.77. The molecule has 2 aliphatic heterocycles.